The Kier molecular flexibility index (Phi) is 10.6. The Bertz CT molecular complexity index is 621. The van der Waals surface area contributed by atoms with Crippen LogP contribution in [-0.4, -0.2) is 47.4 Å². The monoisotopic (exact) mass is 407 g/mol. The molecule has 0 fully saturated rings. The summed E-state index contributed by atoms with van der Waals surface area (Å²) in [4.78, 5) is 26.9. The Morgan fingerprint density at radius 3 is 2.17 bits per heavy atom. The number of methoxy groups -OCH3 is 1. The molecule has 1 rings (SSSR count). The molecule has 0 aliphatic carbocycles. The third-order valence-corrected chi connectivity index (χ3v) is 4.60. The Morgan fingerprint density at radius 1 is 1.03 bits per heavy atom. The van der Waals surface area contributed by atoms with Crippen LogP contribution < -0.4 is 0 Å². The van der Waals surface area contributed by atoms with E-state index < -0.39 is 23.7 Å². The van der Waals surface area contributed by atoms with Gasteiger partial charge in [0.15, 0.2) is 0 Å². The first kappa shape index (κ1) is 24.8. The van der Waals surface area contributed by atoms with Crippen molar-refractivity contribution in [1.29, 1.82) is 0 Å². The minimum atomic E-state index is -0.782. The zero-order chi connectivity index (χ0) is 21.9. The molecule has 29 heavy (non-hydrogen) atoms. The highest BCUT2D eigenvalue weighted by Crippen LogP contribution is 2.19. The highest BCUT2D eigenvalue weighted by atomic mass is 16.6. The van der Waals surface area contributed by atoms with Crippen molar-refractivity contribution in [3.05, 3.63) is 29.8 Å². The van der Waals surface area contributed by atoms with Crippen LogP contribution in [0.2, 0.25) is 0 Å². The first-order valence-corrected chi connectivity index (χ1v) is 10.5. The summed E-state index contributed by atoms with van der Waals surface area (Å²) in [5.41, 5.74) is 0.171. The fraction of sp³-hybridized carbons (Fsp3) is 0.652. The quantitative estimate of drug-likeness (QED) is 0.409. The fourth-order valence-electron chi connectivity index (χ4n) is 3.07. The van der Waals surface area contributed by atoms with Crippen molar-refractivity contribution in [2.24, 2.45) is 0 Å². The molecule has 0 saturated heterocycles. The van der Waals surface area contributed by atoms with E-state index >= 15 is 0 Å². The van der Waals surface area contributed by atoms with Crippen LogP contribution >= 0.6 is 0 Å². The van der Waals surface area contributed by atoms with E-state index in [0.29, 0.717) is 13.0 Å². The second-order valence-corrected chi connectivity index (χ2v) is 8.35. The molecule has 1 atom stereocenters. The molecule has 1 aromatic rings. The van der Waals surface area contributed by atoms with Crippen molar-refractivity contribution in [3.8, 4) is 5.75 Å². The van der Waals surface area contributed by atoms with E-state index in [1.807, 2.05) is 0 Å². The number of benzene rings is 1. The molecule has 0 bridgehead atoms. The van der Waals surface area contributed by atoms with Crippen LogP contribution in [-0.2, 0) is 20.7 Å². The summed E-state index contributed by atoms with van der Waals surface area (Å²) in [5.74, 6) is -0.325. The smallest absolute Gasteiger partial charge is 0.411 e. The molecule has 0 aromatic heterocycles. The van der Waals surface area contributed by atoms with Gasteiger partial charge in [-0.3, -0.25) is 4.90 Å². The minimum absolute atomic E-state index is 0.152. The molecule has 0 unspecified atom stereocenters. The van der Waals surface area contributed by atoms with Crippen molar-refractivity contribution in [2.45, 2.75) is 84.3 Å². The second kappa shape index (κ2) is 12.3. The first-order chi connectivity index (χ1) is 13.7. The molecule has 0 aliphatic rings. The molecule has 6 nitrogen and oxygen atoms in total. The number of carbonyl (C=O) groups is 2. The average Bonchev–Trinajstić information content (AvgIpc) is 2.65. The Balaban J connectivity index is 2.95. The number of rotatable bonds is 11. The minimum Gasteiger partial charge on any atom is -0.508 e. The summed E-state index contributed by atoms with van der Waals surface area (Å²) >= 11 is 0. The van der Waals surface area contributed by atoms with Crippen LogP contribution in [0, 0.1) is 0 Å². The summed E-state index contributed by atoms with van der Waals surface area (Å²) in [5, 5.41) is 9.50. The Morgan fingerprint density at radius 2 is 1.62 bits per heavy atom. The summed E-state index contributed by atoms with van der Waals surface area (Å²) in [6.07, 6.45) is 6.25. The van der Waals surface area contributed by atoms with E-state index in [1.54, 1.807) is 45.0 Å². The number of ether oxygens (including phenoxy) is 2. The van der Waals surface area contributed by atoms with Crippen LogP contribution in [0.1, 0.15) is 71.8 Å². The fourth-order valence-corrected chi connectivity index (χ4v) is 3.07. The molecule has 1 N–H and O–H groups in total. The highest BCUT2D eigenvalue weighted by molar-refractivity contribution is 5.81. The van der Waals surface area contributed by atoms with Crippen LogP contribution in [0.25, 0.3) is 0 Å². The van der Waals surface area contributed by atoms with Crippen LogP contribution in [0.5, 0.6) is 5.75 Å². The summed E-state index contributed by atoms with van der Waals surface area (Å²) in [6.45, 7) is 8.02. The lowest BCUT2D eigenvalue weighted by Crippen LogP contribution is -2.49. The zero-order valence-electron chi connectivity index (χ0n) is 18.6. The number of carbonyl (C=O) groups excluding carboxylic acids is 2. The summed E-state index contributed by atoms with van der Waals surface area (Å²) < 4.78 is 10.6. The maximum atomic E-state index is 12.9. The number of hydrogen-bond donors (Lipinski definition) is 1. The van der Waals surface area contributed by atoms with Crippen molar-refractivity contribution in [3.63, 3.8) is 0 Å². The normalized spacial score (nSPS) is 12.3. The van der Waals surface area contributed by atoms with Gasteiger partial charge in [0.1, 0.15) is 17.4 Å². The summed E-state index contributed by atoms with van der Waals surface area (Å²) in [7, 11) is 1.32. The molecule has 0 spiro atoms. The van der Waals surface area contributed by atoms with E-state index in [2.05, 4.69) is 6.92 Å². The van der Waals surface area contributed by atoms with Crippen LogP contribution in [0.15, 0.2) is 24.3 Å². The van der Waals surface area contributed by atoms with Gasteiger partial charge in [0.25, 0.3) is 0 Å². The van der Waals surface area contributed by atoms with Gasteiger partial charge in [0.2, 0.25) is 0 Å². The number of aromatic hydroxyl groups is 1. The predicted molar refractivity (Wildman–Crippen MR) is 114 cm³/mol. The largest absolute Gasteiger partial charge is 0.508 e. The van der Waals surface area contributed by atoms with Crippen molar-refractivity contribution < 1.29 is 24.2 Å². The van der Waals surface area contributed by atoms with Gasteiger partial charge in [-0.25, -0.2) is 9.59 Å². The number of amides is 1. The topological polar surface area (TPSA) is 76.1 Å². The number of phenols is 1. The molecule has 0 radical (unpaired) electrons. The number of hydrogen-bond acceptors (Lipinski definition) is 5. The van der Waals surface area contributed by atoms with E-state index in [-0.39, 0.29) is 5.75 Å². The zero-order valence-corrected chi connectivity index (χ0v) is 18.6. The highest BCUT2D eigenvalue weighted by Gasteiger charge is 2.33. The van der Waals surface area contributed by atoms with Gasteiger partial charge < -0.3 is 14.6 Å². The molecule has 6 heteroatoms. The molecule has 164 valence electrons. The van der Waals surface area contributed by atoms with E-state index in [9.17, 15) is 14.7 Å². The maximum absolute atomic E-state index is 12.9. The lowest BCUT2D eigenvalue weighted by molar-refractivity contribution is -0.146. The van der Waals surface area contributed by atoms with Gasteiger partial charge in [0, 0.05) is 13.0 Å². The third-order valence-electron chi connectivity index (χ3n) is 4.60. The number of esters is 1. The summed E-state index contributed by atoms with van der Waals surface area (Å²) in [6, 6.07) is 5.83. The lowest BCUT2D eigenvalue weighted by atomic mass is 10.0. The molecule has 1 aromatic carbocycles. The molecule has 0 heterocycles. The number of unbranched alkanes of at least 4 members (excludes halogenated alkanes) is 5. The van der Waals surface area contributed by atoms with E-state index in [0.717, 1.165) is 24.8 Å². The van der Waals surface area contributed by atoms with E-state index in [1.165, 1.54) is 31.3 Å². The van der Waals surface area contributed by atoms with Crippen LogP contribution in [0.3, 0.4) is 0 Å². The van der Waals surface area contributed by atoms with Crippen molar-refractivity contribution in [1.82, 2.24) is 4.90 Å². The van der Waals surface area contributed by atoms with Gasteiger partial charge in [-0.2, -0.15) is 0 Å². The standard InChI is InChI=1S/C23H37NO5/c1-6-7-8-9-10-11-16-24(22(27)29-23(2,3)4)20(21(26)28-5)17-18-12-14-19(25)15-13-18/h12-15,20,25H,6-11,16-17H2,1-5H3/t20-/m0/s1. The molecular weight excluding hydrogens is 370 g/mol. The van der Waals surface area contributed by atoms with Gasteiger partial charge in [0.05, 0.1) is 7.11 Å². The second-order valence-electron chi connectivity index (χ2n) is 8.35. The molecule has 1 amide bonds. The van der Waals surface area contributed by atoms with Crippen molar-refractivity contribution in [2.75, 3.05) is 13.7 Å². The van der Waals surface area contributed by atoms with Crippen molar-refractivity contribution >= 4 is 12.1 Å². The predicted octanol–water partition coefficient (Wildman–Crippen LogP) is 5.07. The molecule has 0 aliphatic heterocycles. The Hall–Kier alpha value is -2.24. The van der Waals surface area contributed by atoms with Gasteiger partial charge in [-0.15, -0.1) is 0 Å². The molecule has 0 saturated carbocycles. The number of phenolic OH excluding ortho intramolecular Hbond substituents is 1. The van der Waals surface area contributed by atoms with E-state index in [4.69, 9.17) is 9.47 Å². The first-order valence-electron chi connectivity index (χ1n) is 10.5. The SMILES string of the molecule is CCCCCCCCN(C(=O)OC(C)(C)C)[C@@H](Cc1ccc(O)cc1)C(=O)OC. The van der Waals surface area contributed by atoms with Gasteiger partial charge >= 0.3 is 12.1 Å². The Labute approximate surface area is 175 Å². The van der Waals surface area contributed by atoms with Crippen LogP contribution in [0.4, 0.5) is 4.79 Å². The van der Waals surface area contributed by atoms with Gasteiger partial charge in [-0.05, 0) is 44.9 Å². The van der Waals surface area contributed by atoms with Gasteiger partial charge in [-0.1, -0.05) is 51.2 Å². The molecular formula is C23H37NO5. The third kappa shape index (κ3) is 9.68. The average molecular weight is 408 g/mol. The number of nitrogens with zero attached hydrogens (tertiary/aromatic N) is 1. The lowest BCUT2D eigenvalue weighted by Gasteiger charge is -2.32. The maximum Gasteiger partial charge on any atom is 0.411 e.